The molecule has 3 rings (SSSR count). The molecule has 2 aromatic carbocycles. The van der Waals surface area contributed by atoms with E-state index < -0.39 is 35.8 Å². The zero-order chi connectivity index (χ0) is 26.5. The molecule has 0 atom stereocenters. The Morgan fingerprint density at radius 2 is 1.58 bits per heavy atom. The van der Waals surface area contributed by atoms with Gasteiger partial charge in [-0.3, -0.25) is 0 Å². The largest absolute Gasteiger partial charge is 0.573 e. The molecule has 0 saturated heterocycles. The van der Waals surface area contributed by atoms with E-state index in [-0.39, 0.29) is 23.0 Å². The second kappa shape index (κ2) is 11.1. The summed E-state index contributed by atoms with van der Waals surface area (Å²) >= 11 is 5.23. The number of carbonyl (C=O) groups is 1. The van der Waals surface area contributed by atoms with Crippen molar-refractivity contribution in [3.8, 4) is 17.2 Å². The minimum absolute atomic E-state index is 0.0587. The molecule has 0 spiro atoms. The van der Waals surface area contributed by atoms with E-state index in [4.69, 9.17) is 17.0 Å². The molecule has 3 N–H and O–H groups in total. The van der Waals surface area contributed by atoms with Crippen LogP contribution in [0.15, 0.2) is 42.5 Å². The fourth-order valence-electron chi connectivity index (χ4n) is 3.60. The maximum atomic E-state index is 12.5. The van der Waals surface area contributed by atoms with Gasteiger partial charge in [-0.05, 0) is 68.2 Å². The first-order valence-electron chi connectivity index (χ1n) is 10.5. The number of aromatic carboxylic acids is 1. The minimum Gasteiger partial charge on any atom is -0.490 e. The molecule has 0 bridgehead atoms. The number of rotatable bonds is 7. The van der Waals surface area contributed by atoms with E-state index in [0.29, 0.717) is 31.4 Å². The number of benzene rings is 2. The van der Waals surface area contributed by atoms with Crippen LogP contribution in [-0.4, -0.2) is 41.1 Å². The van der Waals surface area contributed by atoms with Gasteiger partial charge < -0.3 is 30.0 Å². The zero-order valence-electron chi connectivity index (χ0n) is 18.3. The second-order valence-electron chi connectivity index (χ2n) is 7.78. The van der Waals surface area contributed by atoms with Gasteiger partial charge in [-0.25, -0.2) is 4.79 Å². The van der Waals surface area contributed by atoms with Gasteiger partial charge in [0.25, 0.3) is 0 Å². The van der Waals surface area contributed by atoms with E-state index in [1.54, 1.807) is 0 Å². The normalized spacial score (nSPS) is 18.2. The maximum Gasteiger partial charge on any atom is 0.573 e. The lowest BCUT2D eigenvalue weighted by Crippen LogP contribution is -2.41. The summed E-state index contributed by atoms with van der Waals surface area (Å²) in [5.41, 5.74) is -0.375. The highest BCUT2D eigenvalue weighted by Gasteiger charge is 2.33. The Balaban J connectivity index is 1.50. The number of carboxylic acids is 1. The van der Waals surface area contributed by atoms with Gasteiger partial charge in [0.05, 0.1) is 6.10 Å². The molecule has 0 aliphatic heterocycles. The molecular formula is C22H20F6N2O5S. The monoisotopic (exact) mass is 538 g/mol. The van der Waals surface area contributed by atoms with E-state index in [1.807, 2.05) is 0 Å². The number of anilines is 1. The van der Waals surface area contributed by atoms with E-state index in [9.17, 15) is 36.2 Å². The number of hydrogen-bond donors (Lipinski definition) is 3. The number of alkyl halides is 6. The van der Waals surface area contributed by atoms with Crippen LogP contribution in [-0.2, 0) is 0 Å². The first-order valence-corrected chi connectivity index (χ1v) is 10.9. The average molecular weight is 538 g/mol. The fraction of sp³-hybridized carbons (Fsp3) is 0.364. The van der Waals surface area contributed by atoms with Crippen LogP contribution in [0.5, 0.6) is 17.2 Å². The summed E-state index contributed by atoms with van der Waals surface area (Å²) < 4.78 is 87.9. The molecule has 0 heterocycles. The number of halogens is 6. The number of nitrogens with one attached hydrogen (secondary N) is 2. The summed E-state index contributed by atoms with van der Waals surface area (Å²) in [6, 6.07) is 8.23. The van der Waals surface area contributed by atoms with Gasteiger partial charge in [0.15, 0.2) is 5.11 Å². The minimum atomic E-state index is -5.03. The molecule has 0 amide bonds. The standard InChI is InChI=1S/C22H20F6N2O5S/c23-21(24,25)34-16-3-1-2-13(10-16)30-20(36)29-12-4-6-14(7-5-12)33-15-8-9-18(35-22(26,27)28)17(11-15)19(31)32/h1-3,8-12,14H,4-7H2,(H,31,32)(H2,29,30,36). The van der Waals surface area contributed by atoms with Crippen LogP contribution in [0.3, 0.4) is 0 Å². The van der Waals surface area contributed by atoms with Gasteiger partial charge in [-0.2, -0.15) is 0 Å². The third kappa shape index (κ3) is 8.66. The summed E-state index contributed by atoms with van der Waals surface area (Å²) in [4.78, 5) is 11.3. The Hall–Kier alpha value is -3.42. The van der Waals surface area contributed by atoms with Crippen molar-refractivity contribution in [1.29, 1.82) is 0 Å². The lowest BCUT2D eigenvalue weighted by molar-refractivity contribution is -0.275. The molecule has 36 heavy (non-hydrogen) atoms. The zero-order valence-corrected chi connectivity index (χ0v) is 19.1. The van der Waals surface area contributed by atoms with Gasteiger partial charge in [0, 0.05) is 17.8 Å². The highest BCUT2D eigenvalue weighted by atomic mass is 32.1. The van der Waals surface area contributed by atoms with Gasteiger partial charge >= 0.3 is 18.7 Å². The van der Waals surface area contributed by atoms with Crippen LogP contribution >= 0.6 is 12.2 Å². The topological polar surface area (TPSA) is 89.1 Å². The average Bonchev–Trinajstić information content (AvgIpc) is 2.74. The van der Waals surface area contributed by atoms with Crippen LogP contribution in [0, 0.1) is 0 Å². The first-order chi connectivity index (χ1) is 16.8. The quantitative estimate of drug-likeness (QED) is 0.299. The van der Waals surface area contributed by atoms with Crippen LogP contribution in [0.4, 0.5) is 32.0 Å². The molecule has 14 heteroatoms. The molecular weight excluding hydrogens is 518 g/mol. The molecule has 0 radical (unpaired) electrons. The highest BCUT2D eigenvalue weighted by molar-refractivity contribution is 7.80. The van der Waals surface area contributed by atoms with E-state index in [1.165, 1.54) is 18.2 Å². The third-order valence-corrected chi connectivity index (χ3v) is 5.26. The van der Waals surface area contributed by atoms with Crippen LogP contribution in [0.1, 0.15) is 36.0 Å². The second-order valence-corrected chi connectivity index (χ2v) is 8.18. The maximum absolute atomic E-state index is 12.5. The number of carboxylic acid groups (broad SMARTS) is 1. The third-order valence-electron chi connectivity index (χ3n) is 5.04. The summed E-state index contributed by atoms with van der Waals surface area (Å²) in [6.45, 7) is 0. The van der Waals surface area contributed by atoms with E-state index in [0.717, 1.165) is 24.3 Å². The molecule has 1 fully saturated rings. The van der Waals surface area contributed by atoms with Gasteiger partial charge in [0.2, 0.25) is 0 Å². The molecule has 0 unspecified atom stereocenters. The predicted molar refractivity (Wildman–Crippen MR) is 119 cm³/mol. The van der Waals surface area contributed by atoms with Crippen molar-refractivity contribution < 1.29 is 50.5 Å². The van der Waals surface area contributed by atoms with E-state index >= 15 is 0 Å². The Labute approximate surface area is 206 Å². The van der Waals surface area contributed by atoms with Crippen molar-refractivity contribution in [2.45, 2.75) is 50.6 Å². The number of thiocarbonyl (C=S) groups is 1. The lowest BCUT2D eigenvalue weighted by Gasteiger charge is -2.30. The van der Waals surface area contributed by atoms with Crippen molar-refractivity contribution in [2.75, 3.05) is 5.32 Å². The molecule has 1 aliphatic carbocycles. The molecule has 1 aliphatic rings. The number of ether oxygens (including phenoxy) is 3. The Bertz CT molecular complexity index is 1090. The number of hydrogen-bond acceptors (Lipinski definition) is 5. The summed E-state index contributed by atoms with van der Waals surface area (Å²) in [5.74, 6) is -2.73. The van der Waals surface area contributed by atoms with Gasteiger partial charge in [-0.1, -0.05) is 6.07 Å². The molecule has 1 saturated carbocycles. The van der Waals surface area contributed by atoms with Crippen molar-refractivity contribution in [1.82, 2.24) is 5.32 Å². The van der Waals surface area contributed by atoms with Crippen molar-refractivity contribution in [2.24, 2.45) is 0 Å². The van der Waals surface area contributed by atoms with Crippen molar-refractivity contribution >= 4 is 29.0 Å². The summed E-state index contributed by atoms with van der Waals surface area (Å²) in [5, 5.41) is 15.3. The smallest absolute Gasteiger partial charge is 0.490 e. The highest BCUT2D eigenvalue weighted by Crippen LogP contribution is 2.32. The van der Waals surface area contributed by atoms with Gasteiger partial charge in [-0.15, -0.1) is 26.3 Å². The lowest BCUT2D eigenvalue weighted by atomic mass is 9.93. The van der Waals surface area contributed by atoms with Crippen molar-refractivity contribution in [3.63, 3.8) is 0 Å². The van der Waals surface area contributed by atoms with E-state index in [2.05, 4.69) is 20.1 Å². The van der Waals surface area contributed by atoms with Crippen molar-refractivity contribution in [3.05, 3.63) is 48.0 Å². The first kappa shape index (κ1) is 27.2. The Morgan fingerprint density at radius 3 is 2.19 bits per heavy atom. The van der Waals surface area contributed by atoms with Crippen LogP contribution in [0.25, 0.3) is 0 Å². The predicted octanol–water partition coefficient (Wildman–Crippen LogP) is 5.86. The molecule has 196 valence electrons. The summed E-state index contributed by atoms with van der Waals surface area (Å²) in [6.07, 6.45) is -7.87. The SMILES string of the molecule is O=C(O)c1cc(OC2CCC(NC(=S)Nc3cccc(OC(F)(F)F)c3)CC2)ccc1OC(F)(F)F. The Kier molecular flexibility index (Phi) is 8.38. The van der Waals surface area contributed by atoms with Crippen LogP contribution < -0.4 is 24.8 Å². The molecule has 0 aromatic heterocycles. The molecule has 7 nitrogen and oxygen atoms in total. The van der Waals surface area contributed by atoms with Crippen LogP contribution in [0.2, 0.25) is 0 Å². The summed E-state index contributed by atoms with van der Waals surface area (Å²) in [7, 11) is 0. The fourth-order valence-corrected chi connectivity index (χ4v) is 3.89. The molecule has 2 aromatic rings. The Morgan fingerprint density at radius 1 is 0.917 bits per heavy atom. The van der Waals surface area contributed by atoms with Gasteiger partial charge in [0.1, 0.15) is 22.8 Å².